The van der Waals surface area contributed by atoms with Gasteiger partial charge in [-0.05, 0) is 30.5 Å². The Kier molecular flexibility index (Phi) is 4.06. The van der Waals surface area contributed by atoms with Crippen molar-refractivity contribution in [3.63, 3.8) is 0 Å². The number of hydrogen-bond donors (Lipinski definition) is 1. The molecule has 3 rings (SSSR count). The molecular formula is C18H25N3O. The van der Waals surface area contributed by atoms with E-state index in [0.29, 0.717) is 5.92 Å². The van der Waals surface area contributed by atoms with Crippen LogP contribution in [0.3, 0.4) is 0 Å². The van der Waals surface area contributed by atoms with Crippen LogP contribution in [-0.4, -0.2) is 32.9 Å². The molecule has 118 valence electrons. The van der Waals surface area contributed by atoms with Gasteiger partial charge in [-0.3, -0.25) is 9.58 Å². The summed E-state index contributed by atoms with van der Waals surface area (Å²) < 4.78 is 1.89. The highest BCUT2D eigenvalue weighted by Gasteiger charge is 2.33. The topological polar surface area (TPSA) is 41.3 Å². The van der Waals surface area contributed by atoms with E-state index in [9.17, 15) is 5.11 Å². The Morgan fingerprint density at radius 1 is 1.36 bits per heavy atom. The summed E-state index contributed by atoms with van der Waals surface area (Å²) in [4.78, 5) is 2.26. The lowest BCUT2D eigenvalue weighted by atomic mass is 10.0. The first kappa shape index (κ1) is 15.3. The largest absolute Gasteiger partial charge is 0.387 e. The van der Waals surface area contributed by atoms with Crippen LogP contribution >= 0.6 is 0 Å². The van der Waals surface area contributed by atoms with Crippen molar-refractivity contribution in [2.24, 2.45) is 7.05 Å². The van der Waals surface area contributed by atoms with E-state index in [-0.39, 0.29) is 6.04 Å². The van der Waals surface area contributed by atoms with Gasteiger partial charge >= 0.3 is 0 Å². The fourth-order valence-corrected chi connectivity index (χ4v) is 3.50. The van der Waals surface area contributed by atoms with Gasteiger partial charge in [0.15, 0.2) is 0 Å². The van der Waals surface area contributed by atoms with Crippen molar-refractivity contribution in [3.8, 4) is 0 Å². The molecule has 0 unspecified atom stereocenters. The van der Waals surface area contributed by atoms with Crippen LogP contribution in [0.5, 0.6) is 0 Å². The molecule has 1 aliphatic carbocycles. The highest BCUT2D eigenvalue weighted by Crippen LogP contribution is 2.34. The normalized spacial score (nSPS) is 20.9. The van der Waals surface area contributed by atoms with E-state index in [0.717, 1.165) is 24.2 Å². The van der Waals surface area contributed by atoms with Crippen LogP contribution in [0.2, 0.25) is 0 Å². The van der Waals surface area contributed by atoms with E-state index in [1.54, 1.807) is 0 Å². The maximum absolute atomic E-state index is 10.6. The molecule has 0 fully saturated rings. The summed E-state index contributed by atoms with van der Waals surface area (Å²) in [5, 5.41) is 15.2. The van der Waals surface area contributed by atoms with E-state index >= 15 is 0 Å². The SMILES string of the molecule is CC(C)c1nn(C)cc1CN(C)[C@H]1Cc2ccccc2[C@@H]1O. The number of nitrogens with zero attached hydrogens (tertiary/aromatic N) is 3. The number of aliphatic hydroxyl groups is 1. The van der Waals surface area contributed by atoms with Gasteiger partial charge in [0.25, 0.3) is 0 Å². The summed E-state index contributed by atoms with van der Waals surface area (Å²) in [6.45, 7) is 5.16. The molecule has 1 N–H and O–H groups in total. The van der Waals surface area contributed by atoms with Gasteiger partial charge < -0.3 is 5.11 Å². The fourth-order valence-electron chi connectivity index (χ4n) is 3.50. The van der Waals surface area contributed by atoms with Crippen LogP contribution in [0.1, 0.15) is 48.3 Å². The van der Waals surface area contributed by atoms with Gasteiger partial charge in [0.1, 0.15) is 0 Å². The van der Waals surface area contributed by atoms with Crippen LogP contribution in [-0.2, 0) is 20.0 Å². The average molecular weight is 299 g/mol. The van der Waals surface area contributed by atoms with Gasteiger partial charge in [-0.15, -0.1) is 0 Å². The summed E-state index contributed by atoms with van der Waals surface area (Å²) in [7, 11) is 4.06. The van der Waals surface area contributed by atoms with E-state index in [2.05, 4.69) is 43.2 Å². The Labute approximate surface area is 132 Å². The first-order valence-electron chi connectivity index (χ1n) is 7.96. The minimum Gasteiger partial charge on any atom is -0.387 e. The Bertz CT molecular complexity index is 662. The molecule has 0 saturated heterocycles. The molecule has 2 aromatic rings. The van der Waals surface area contributed by atoms with Gasteiger partial charge in [-0.2, -0.15) is 5.10 Å². The van der Waals surface area contributed by atoms with Crippen molar-refractivity contribution >= 4 is 0 Å². The third-order valence-electron chi connectivity index (χ3n) is 4.64. The number of aryl methyl sites for hydroxylation is 1. The molecule has 0 radical (unpaired) electrons. The minimum absolute atomic E-state index is 0.137. The molecule has 1 aromatic heterocycles. The third-order valence-corrected chi connectivity index (χ3v) is 4.64. The number of aliphatic hydroxyl groups excluding tert-OH is 1. The van der Waals surface area contributed by atoms with Gasteiger partial charge in [-0.1, -0.05) is 38.1 Å². The maximum Gasteiger partial charge on any atom is 0.0951 e. The van der Waals surface area contributed by atoms with Crippen molar-refractivity contribution in [3.05, 3.63) is 52.8 Å². The highest BCUT2D eigenvalue weighted by molar-refractivity contribution is 5.36. The summed E-state index contributed by atoms with van der Waals surface area (Å²) >= 11 is 0. The molecule has 4 heteroatoms. The number of hydrogen-bond acceptors (Lipinski definition) is 3. The summed E-state index contributed by atoms with van der Waals surface area (Å²) in [6.07, 6.45) is 2.60. The molecule has 4 nitrogen and oxygen atoms in total. The van der Waals surface area contributed by atoms with Crippen molar-refractivity contribution in [1.29, 1.82) is 0 Å². The summed E-state index contributed by atoms with van der Waals surface area (Å²) in [6, 6.07) is 8.35. The zero-order chi connectivity index (χ0) is 15.9. The lowest BCUT2D eigenvalue weighted by Gasteiger charge is -2.27. The number of aromatic nitrogens is 2. The monoisotopic (exact) mass is 299 g/mol. The van der Waals surface area contributed by atoms with E-state index < -0.39 is 6.10 Å². The van der Waals surface area contributed by atoms with Crippen molar-refractivity contribution in [2.75, 3.05) is 7.05 Å². The average Bonchev–Trinajstić information content (AvgIpc) is 3.00. The molecular weight excluding hydrogens is 274 g/mol. The third kappa shape index (κ3) is 2.69. The van der Waals surface area contributed by atoms with E-state index in [1.165, 1.54) is 11.1 Å². The Morgan fingerprint density at radius 3 is 2.77 bits per heavy atom. The van der Waals surface area contributed by atoms with Gasteiger partial charge in [-0.25, -0.2) is 0 Å². The smallest absolute Gasteiger partial charge is 0.0951 e. The zero-order valence-corrected chi connectivity index (χ0v) is 13.8. The lowest BCUT2D eigenvalue weighted by molar-refractivity contribution is 0.0719. The van der Waals surface area contributed by atoms with Crippen LogP contribution in [0.25, 0.3) is 0 Å². The van der Waals surface area contributed by atoms with E-state index in [4.69, 9.17) is 0 Å². The van der Waals surface area contributed by atoms with Crippen molar-refractivity contribution in [2.45, 2.75) is 44.9 Å². The molecule has 0 amide bonds. The van der Waals surface area contributed by atoms with Crippen molar-refractivity contribution < 1.29 is 5.11 Å². The number of rotatable bonds is 4. The van der Waals surface area contributed by atoms with Crippen molar-refractivity contribution in [1.82, 2.24) is 14.7 Å². The molecule has 0 aliphatic heterocycles. The van der Waals surface area contributed by atoms with E-state index in [1.807, 2.05) is 29.9 Å². The van der Waals surface area contributed by atoms with Crippen LogP contribution in [0, 0.1) is 0 Å². The lowest BCUT2D eigenvalue weighted by Crippen LogP contribution is -2.34. The standard InChI is InChI=1S/C18H25N3O/c1-12(2)17-14(11-21(4)19-17)10-20(3)16-9-13-7-5-6-8-15(13)18(16)22/h5-8,11-12,16,18,22H,9-10H2,1-4H3/t16-,18-/m0/s1. The zero-order valence-electron chi connectivity index (χ0n) is 13.8. The molecule has 2 atom stereocenters. The number of likely N-dealkylation sites (N-methyl/N-ethyl adjacent to an activating group) is 1. The molecule has 0 spiro atoms. The molecule has 1 aliphatic rings. The number of benzene rings is 1. The molecule has 0 bridgehead atoms. The highest BCUT2D eigenvalue weighted by atomic mass is 16.3. The summed E-state index contributed by atoms with van der Waals surface area (Å²) in [5.74, 6) is 0.412. The quantitative estimate of drug-likeness (QED) is 0.943. The summed E-state index contributed by atoms with van der Waals surface area (Å²) in [5.41, 5.74) is 4.75. The maximum atomic E-state index is 10.6. The Hall–Kier alpha value is -1.65. The predicted molar refractivity (Wildman–Crippen MR) is 87.7 cm³/mol. The Morgan fingerprint density at radius 2 is 2.09 bits per heavy atom. The van der Waals surface area contributed by atoms with Crippen LogP contribution in [0.4, 0.5) is 0 Å². The van der Waals surface area contributed by atoms with Crippen LogP contribution in [0.15, 0.2) is 30.5 Å². The number of fused-ring (bicyclic) bond motifs is 1. The second kappa shape index (κ2) is 5.86. The second-order valence-electron chi connectivity index (χ2n) is 6.70. The van der Waals surface area contributed by atoms with Gasteiger partial charge in [0.05, 0.1) is 11.8 Å². The second-order valence-corrected chi connectivity index (χ2v) is 6.70. The van der Waals surface area contributed by atoms with Gasteiger partial charge in [0.2, 0.25) is 0 Å². The molecule has 0 saturated carbocycles. The van der Waals surface area contributed by atoms with Crippen LogP contribution < -0.4 is 0 Å². The first-order valence-corrected chi connectivity index (χ1v) is 7.96. The Balaban J connectivity index is 1.78. The minimum atomic E-state index is -0.402. The molecule has 1 heterocycles. The molecule has 1 aromatic carbocycles. The predicted octanol–water partition coefficient (Wildman–Crippen LogP) is 2.63. The molecule has 22 heavy (non-hydrogen) atoms. The fraction of sp³-hybridized carbons (Fsp3) is 0.500. The first-order chi connectivity index (χ1) is 10.5. The van der Waals surface area contributed by atoms with Gasteiger partial charge in [0, 0.05) is 31.4 Å².